The summed E-state index contributed by atoms with van der Waals surface area (Å²) in [6.45, 7) is 0. The number of nitrogens with zero attached hydrogens (tertiary/aromatic N) is 3. The summed E-state index contributed by atoms with van der Waals surface area (Å²) >= 11 is 0. The standard InChI is InChI=1S/C90H65N3Si2/c1-10-28-66(29-11-1)68-46-50-71(51-47-68)92-87-58-54-73(62-83(87)85-64-81(56-60-89(85)92)94(75-34-16-4-17-35-75,76-36-18-5-19-37-76)77-38-20-6-21-39-77)91(70-32-14-3-15-33-70)74-55-59-88-84(63-74)86-65-82(57-61-90(86)93(88)72-52-48-69(49-53-72)67-30-12-2-13-31-67)95(78-40-22-7-23-41-78,79-42-24-8-25-43-79)80-44-26-9-27-45-80/h1-65H. The van der Waals surface area contributed by atoms with Gasteiger partial charge in [-0.05, 0) is 149 Å². The highest BCUT2D eigenvalue weighted by atomic mass is 28.3. The predicted octanol–water partition coefficient (Wildman–Crippen LogP) is 17.4. The largest absolute Gasteiger partial charge is 0.310 e. The van der Waals surface area contributed by atoms with Crippen molar-refractivity contribution in [1.29, 1.82) is 0 Å². The Balaban J connectivity index is 0.913. The Labute approximate surface area is 556 Å². The minimum atomic E-state index is -2.94. The van der Waals surface area contributed by atoms with E-state index < -0.39 is 16.1 Å². The molecule has 0 unspecified atom stereocenters. The fraction of sp³-hybridized carbons (Fsp3) is 0. The Hall–Kier alpha value is -11.9. The molecule has 17 aromatic rings. The normalized spacial score (nSPS) is 11.8. The van der Waals surface area contributed by atoms with E-state index in [1.807, 2.05) is 0 Å². The van der Waals surface area contributed by atoms with Crippen LogP contribution in [-0.2, 0) is 0 Å². The molecule has 0 saturated carbocycles. The summed E-state index contributed by atoms with van der Waals surface area (Å²) < 4.78 is 4.95. The SMILES string of the molecule is c1ccc(-c2ccc(-n3c4ccc(N(c5ccccc5)c5ccc6c(c5)c5cc([Si](c7ccccc7)(c7ccccc7)c7ccccc7)ccc5n6-c5ccc(-c6ccccc6)cc5)cc4c4cc([Si](c5ccccc5)(c5ccccc5)c5ccccc5)ccc43)cc2)cc1. The fourth-order valence-corrected chi connectivity index (χ4v) is 24.9. The molecule has 0 saturated heterocycles. The second-order valence-electron chi connectivity index (χ2n) is 24.7. The van der Waals surface area contributed by atoms with Gasteiger partial charge in [0, 0.05) is 50.0 Å². The molecule has 0 N–H and O–H groups in total. The molecule has 0 bridgehead atoms. The zero-order chi connectivity index (χ0) is 63.1. The molecule has 5 heteroatoms. The summed E-state index contributed by atoms with van der Waals surface area (Å²) in [7, 11) is -5.89. The molecule has 15 aromatic carbocycles. The zero-order valence-electron chi connectivity index (χ0n) is 52.4. The van der Waals surface area contributed by atoms with Crippen molar-refractivity contribution >= 4 is 118 Å². The number of aromatic nitrogens is 2. The molecular formula is C90H65N3Si2. The van der Waals surface area contributed by atoms with E-state index >= 15 is 0 Å². The van der Waals surface area contributed by atoms with Gasteiger partial charge in [0.15, 0.2) is 16.1 Å². The Morgan fingerprint density at radius 3 is 0.716 bits per heavy atom. The van der Waals surface area contributed by atoms with Crippen LogP contribution in [0.3, 0.4) is 0 Å². The number of rotatable bonds is 15. The number of hydrogen-bond acceptors (Lipinski definition) is 1. The number of hydrogen-bond donors (Lipinski definition) is 0. The molecule has 0 spiro atoms. The minimum Gasteiger partial charge on any atom is -0.310 e. The molecule has 0 radical (unpaired) electrons. The summed E-state index contributed by atoms with van der Waals surface area (Å²) in [5.41, 5.74) is 14.8. The van der Waals surface area contributed by atoms with Gasteiger partial charge in [-0.1, -0.05) is 309 Å². The maximum absolute atomic E-state index is 2.94. The van der Waals surface area contributed by atoms with Gasteiger partial charge < -0.3 is 14.0 Å². The van der Waals surface area contributed by atoms with Crippen molar-refractivity contribution in [2.45, 2.75) is 0 Å². The Morgan fingerprint density at radius 2 is 0.421 bits per heavy atom. The molecule has 0 atom stereocenters. The molecule has 0 amide bonds. The maximum Gasteiger partial charge on any atom is 0.179 e. The third kappa shape index (κ3) is 9.79. The third-order valence-corrected chi connectivity index (χ3v) is 29.2. The van der Waals surface area contributed by atoms with Gasteiger partial charge in [-0.25, -0.2) is 0 Å². The van der Waals surface area contributed by atoms with E-state index in [2.05, 4.69) is 408 Å². The molecule has 0 aliphatic rings. The average molecular weight is 1240 g/mol. The topological polar surface area (TPSA) is 13.1 Å². The molecule has 17 rings (SSSR count). The first-order valence-electron chi connectivity index (χ1n) is 32.8. The van der Waals surface area contributed by atoms with Crippen molar-refractivity contribution in [2.24, 2.45) is 0 Å². The lowest BCUT2D eigenvalue weighted by Crippen LogP contribution is -2.74. The Bertz CT molecular complexity index is 5010. The van der Waals surface area contributed by atoms with E-state index in [1.54, 1.807) is 0 Å². The molecule has 448 valence electrons. The molecule has 2 aromatic heterocycles. The van der Waals surface area contributed by atoms with Gasteiger partial charge in [-0.15, -0.1) is 0 Å². The minimum absolute atomic E-state index is 1.06. The van der Waals surface area contributed by atoms with Crippen molar-refractivity contribution < 1.29 is 0 Å². The van der Waals surface area contributed by atoms with E-state index in [1.165, 1.54) is 85.3 Å². The van der Waals surface area contributed by atoms with Gasteiger partial charge in [0.1, 0.15) is 0 Å². The van der Waals surface area contributed by atoms with Crippen molar-refractivity contribution in [3.8, 4) is 33.6 Å². The van der Waals surface area contributed by atoms with Crippen LogP contribution in [0.1, 0.15) is 0 Å². The van der Waals surface area contributed by atoms with Crippen molar-refractivity contribution in [3.05, 3.63) is 394 Å². The predicted molar refractivity (Wildman–Crippen MR) is 408 cm³/mol. The van der Waals surface area contributed by atoms with Gasteiger partial charge in [-0.2, -0.15) is 0 Å². The summed E-state index contributed by atoms with van der Waals surface area (Å²) in [5, 5.41) is 15.5. The smallest absolute Gasteiger partial charge is 0.179 e. The fourth-order valence-electron chi connectivity index (χ4n) is 15.3. The zero-order valence-corrected chi connectivity index (χ0v) is 54.4. The first kappa shape index (κ1) is 57.1. The van der Waals surface area contributed by atoms with E-state index in [9.17, 15) is 0 Å². The highest BCUT2D eigenvalue weighted by molar-refractivity contribution is 7.20. The number of fused-ring (bicyclic) bond motifs is 6. The van der Waals surface area contributed by atoms with Crippen LogP contribution in [0, 0.1) is 0 Å². The van der Waals surface area contributed by atoms with Crippen LogP contribution in [0.5, 0.6) is 0 Å². The second kappa shape index (κ2) is 24.3. The lowest BCUT2D eigenvalue weighted by molar-refractivity contribution is 1.18. The van der Waals surface area contributed by atoms with Crippen LogP contribution >= 0.6 is 0 Å². The quantitative estimate of drug-likeness (QED) is 0.0736. The monoisotopic (exact) mass is 1240 g/mol. The van der Waals surface area contributed by atoms with Crippen LogP contribution in [0.2, 0.25) is 0 Å². The Morgan fingerprint density at radius 1 is 0.179 bits per heavy atom. The summed E-state index contributed by atoms with van der Waals surface area (Å²) in [6, 6.07) is 147. The summed E-state index contributed by atoms with van der Waals surface area (Å²) in [4.78, 5) is 2.47. The van der Waals surface area contributed by atoms with E-state index in [0.29, 0.717) is 0 Å². The lowest BCUT2D eigenvalue weighted by atomic mass is 10.1. The van der Waals surface area contributed by atoms with Gasteiger partial charge in [0.25, 0.3) is 0 Å². The van der Waals surface area contributed by atoms with Gasteiger partial charge in [-0.3, -0.25) is 0 Å². The van der Waals surface area contributed by atoms with E-state index in [0.717, 1.165) is 50.5 Å². The van der Waals surface area contributed by atoms with Crippen LogP contribution in [-0.4, -0.2) is 25.3 Å². The van der Waals surface area contributed by atoms with Gasteiger partial charge in [0.05, 0.1) is 22.1 Å². The highest BCUT2D eigenvalue weighted by Crippen LogP contribution is 2.43. The average Bonchev–Trinajstić information content (AvgIpc) is 1.67. The van der Waals surface area contributed by atoms with Crippen LogP contribution in [0.25, 0.3) is 77.2 Å². The molecule has 95 heavy (non-hydrogen) atoms. The maximum atomic E-state index is 2.55. The molecule has 2 heterocycles. The first-order valence-corrected chi connectivity index (χ1v) is 36.8. The van der Waals surface area contributed by atoms with Crippen molar-refractivity contribution in [1.82, 2.24) is 9.13 Å². The van der Waals surface area contributed by atoms with E-state index in [-0.39, 0.29) is 0 Å². The Kier molecular flexibility index (Phi) is 14.6. The van der Waals surface area contributed by atoms with E-state index in [4.69, 9.17) is 0 Å². The molecule has 3 nitrogen and oxygen atoms in total. The van der Waals surface area contributed by atoms with Crippen molar-refractivity contribution in [3.63, 3.8) is 0 Å². The van der Waals surface area contributed by atoms with Crippen molar-refractivity contribution in [2.75, 3.05) is 4.90 Å². The van der Waals surface area contributed by atoms with Crippen LogP contribution < -0.4 is 46.4 Å². The number of benzene rings is 15. The van der Waals surface area contributed by atoms with Crippen LogP contribution in [0.15, 0.2) is 394 Å². The molecule has 0 fully saturated rings. The molecule has 0 aliphatic heterocycles. The molecule has 0 aliphatic carbocycles. The van der Waals surface area contributed by atoms with Gasteiger partial charge >= 0.3 is 0 Å². The molecular weight excluding hydrogens is 1180 g/mol. The van der Waals surface area contributed by atoms with Crippen LogP contribution in [0.4, 0.5) is 17.1 Å². The van der Waals surface area contributed by atoms with Gasteiger partial charge in [0.2, 0.25) is 0 Å². The lowest BCUT2D eigenvalue weighted by Gasteiger charge is -2.34. The summed E-state index contributed by atoms with van der Waals surface area (Å²) in [5.74, 6) is 0. The highest BCUT2D eigenvalue weighted by Gasteiger charge is 2.43. The second-order valence-corrected chi connectivity index (χ2v) is 32.3. The summed E-state index contributed by atoms with van der Waals surface area (Å²) in [6.07, 6.45) is 0. The first-order chi connectivity index (χ1) is 47.1. The third-order valence-electron chi connectivity index (χ3n) is 19.6. The number of para-hydroxylation sites is 1. The number of anilines is 3.